The normalized spacial score (nSPS) is 19.8. The Kier molecular flexibility index (Phi) is 5.49. The molecule has 16 heavy (non-hydrogen) atoms. The van der Waals surface area contributed by atoms with Crippen molar-refractivity contribution in [3.05, 3.63) is 11.6 Å². The lowest BCUT2D eigenvalue weighted by molar-refractivity contribution is -0.146. The lowest BCUT2D eigenvalue weighted by Gasteiger charge is -2.25. The quantitative estimate of drug-likeness (QED) is 0.481. The molecule has 3 nitrogen and oxygen atoms in total. The predicted octanol–water partition coefficient (Wildman–Crippen LogP) is 2.57. The maximum absolute atomic E-state index is 11.7. The number of alkyl halides is 1. The van der Waals surface area contributed by atoms with Gasteiger partial charge in [0.1, 0.15) is 4.32 Å². The smallest absolute Gasteiger partial charge is 0.325 e. The van der Waals surface area contributed by atoms with Crippen LogP contribution in [-0.2, 0) is 9.53 Å². The monoisotopic (exact) mass is 290 g/mol. The van der Waals surface area contributed by atoms with E-state index in [2.05, 4.69) is 22.0 Å². The van der Waals surface area contributed by atoms with Gasteiger partial charge in [-0.15, -0.1) is 0 Å². The van der Waals surface area contributed by atoms with Gasteiger partial charge >= 0.3 is 5.97 Å². The predicted molar refractivity (Wildman–Crippen MR) is 66.5 cm³/mol. The van der Waals surface area contributed by atoms with Gasteiger partial charge in [-0.2, -0.15) is 0 Å². The lowest BCUT2D eigenvalue weighted by Crippen LogP contribution is -2.38. The fourth-order valence-corrected chi connectivity index (χ4v) is 2.35. The Morgan fingerprint density at radius 2 is 2.38 bits per heavy atom. The van der Waals surface area contributed by atoms with Gasteiger partial charge in [-0.05, 0) is 39.0 Å². The van der Waals surface area contributed by atoms with Crippen molar-refractivity contribution in [3.8, 4) is 0 Å². The number of halogens is 1. The highest BCUT2D eigenvalue weighted by molar-refractivity contribution is 9.10. The van der Waals surface area contributed by atoms with Crippen LogP contribution in [0.2, 0.25) is 0 Å². The van der Waals surface area contributed by atoms with E-state index in [0.717, 1.165) is 12.8 Å². The zero-order valence-electron chi connectivity index (χ0n) is 9.67. The first-order chi connectivity index (χ1) is 7.62. The summed E-state index contributed by atoms with van der Waals surface area (Å²) >= 11 is 3.32. The molecule has 0 heterocycles. The van der Waals surface area contributed by atoms with Crippen LogP contribution in [0.25, 0.3) is 0 Å². The van der Waals surface area contributed by atoms with Crippen LogP contribution < -0.4 is 0 Å². The lowest BCUT2D eigenvalue weighted by atomic mass is 9.91. The molecule has 1 rings (SSSR count). The molecule has 0 unspecified atom stereocenters. The minimum atomic E-state index is -0.952. The van der Waals surface area contributed by atoms with Crippen molar-refractivity contribution in [3.63, 3.8) is 0 Å². The Labute approximate surface area is 105 Å². The fourth-order valence-electron chi connectivity index (χ4n) is 1.88. The molecule has 0 aromatic heterocycles. The van der Waals surface area contributed by atoms with Gasteiger partial charge in [-0.25, -0.2) is 0 Å². The Morgan fingerprint density at radius 3 is 2.88 bits per heavy atom. The van der Waals surface area contributed by atoms with Crippen molar-refractivity contribution in [1.82, 2.24) is 0 Å². The van der Waals surface area contributed by atoms with Crippen LogP contribution in [0.1, 0.15) is 39.0 Å². The van der Waals surface area contributed by atoms with Crippen LogP contribution in [-0.4, -0.2) is 28.6 Å². The van der Waals surface area contributed by atoms with E-state index in [1.807, 2.05) is 0 Å². The molecule has 0 saturated heterocycles. The molecule has 4 heteroatoms. The van der Waals surface area contributed by atoms with Gasteiger partial charge < -0.3 is 9.84 Å². The molecule has 1 atom stereocenters. The second-order valence-electron chi connectivity index (χ2n) is 4.13. The Bertz CT molecular complexity index is 275. The number of hydrogen-bond donors (Lipinski definition) is 1. The van der Waals surface area contributed by atoms with E-state index in [0.29, 0.717) is 13.0 Å². The van der Waals surface area contributed by atoms with E-state index >= 15 is 0 Å². The van der Waals surface area contributed by atoms with E-state index in [-0.39, 0.29) is 12.6 Å². The number of rotatable bonds is 5. The standard InChI is InChI=1S/C12H19BrO3/c1-2-16-11(15)12(13,9-14)8-10-6-4-3-5-7-10/h6,14H,2-5,7-9H2,1H3/t12-/m1/s1. The molecule has 1 aliphatic rings. The van der Waals surface area contributed by atoms with Gasteiger partial charge in [0.15, 0.2) is 0 Å². The zero-order chi connectivity index (χ0) is 12.0. The van der Waals surface area contributed by atoms with Crippen molar-refractivity contribution in [2.45, 2.75) is 43.4 Å². The molecule has 0 aliphatic heterocycles. The van der Waals surface area contributed by atoms with Crippen LogP contribution in [0.4, 0.5) is 0 Å². The maximum Gasteiger partial charge on any atom is 0.325 e. The summed E-state index contributed by atoms with van der Waals surface area (Å²) in [4.78, 5) is 11.7. The van der Waals surface area contributed by atoms with Crippen molar-refractivity contribution in [1.29, 1.82) is 0 Å². The van der Waals surface area contributed by atoms with Gasteiger partial charge in [0.25, 0.3) is 0 Å². The maximum atomic E-state index is 11.7. The third-order valence-electron chi connectivity index (χ3n) is 2.78. The first kappa shape index (κ1) is 13.7. The van der Waals surface area contributed by atoms with Crippen LogP contribution in [0, 0.1) is 0 Å². The number of allylic oxidation sites excluding steroid dienone is 2. The molecule has 0 aromatic carbocycles. The molecule has 92 valence electrons. The molecule has 0 radical (unpaired) electrons. The van der Waals surface area contributed by atoms with Crippen molar-refractivity contribution in [2.24, 2.45) is 0 Å². The van der Waals surface area contributed by atoms with Gasteiger partial charge in [-0.3, -0.25) is 4.79 Å². The Balaban J connectivity index is 2.64. The summed E-state index contributed by atoms with van der Waals surface area (Å²) in [6, 6.07) is 0. The second kappa shape index (κ2) is 6.40. The van der Waals surface area contributed by atoms with E-state index in [9.17, 15) is 9.90 Å². The molecule has 0 fully saturated rings. The number of esters is 1. The SMILES string of the molecule is CCOC(=O)[C@](Br)(CO)CC1=CCCCC1. The number of carbonyl (C=O) groups is 1. The Morgan fingerprint density at radius 1 is 1.62 bits per heavy atom. The van der Waals surface area contributed by atoms with Gasteiger partial charge in [0.2, 0.25) is 0 Å². The third kappa shape index (κ3) is 3.59. The first-order valence-corrected chi connectivity index (χ1v) is 6.56. The summed E-state index contributed by atoms with van der Waals surface area (Å²) in [5.74, 6) is -0.371. The summed E-state index contributed by atoms with van der Waals surface area (Å²) in [6.07, 6.45) is 7.20. The zero-order valence-corrected chi connectivity index (χ0v) is 11.3. The van der Waals surface area contributed by atoms with E-state index in [1.54, 1.807) is 6.92 Å². The molecular weight excluding hydrogens is 272 g/mol. The molecule has 0 spiro atoms. The molecule has 0 saturated carbocycles. The van der Waals surface area contributed by atoms with E-state index in [1.165, 1.54) is 18.4 Å². The largest absolute Gasteiger partial charge is 0.465 e. The topological polar surface area (TPSA) is 46.5 Å². The number of aliphatic hydroxyl groups excluding tert-OH is 1. The van der Waals surface area contributed by atoms with Gasteiger partial charge in [0.05, 0.1) is 13.2 Å². The molecular formula is C12H19BrO3. The van der Waals surface area contributed by atoms with E-state index < -0.39 is 4.32 Å². The molecule has 1 N–H and O–H groups in total. The Hall–Kier alpha value is -0.350. The number of ether oxygens (including phenoxy) is 1. The van der Waals surface area contributed by atoms with Crippen molar-refractivity contribution >= 4 is 21.9 Å². The molecule has 0 aromatic rings. The highest BCUT2D eigenvalue weighted by Gasteiger charge is 2.37. The average molecular weight is 291 g/mol. The fraction of sp³-hybridized carbons (Fsp3) is 0.750. The van der Waals surface area contributed by atoms with Crippen molar-refractivity contribution < 1.29 is 14.6 Å². The minimum Gasteiger partial charge on any atom is -0.465 e. The highest BCUT2D eigenvalue weighted by atomic mass is 79.9. The summed E-state index contributed by atoms with van der Waals surface area (Å²) < 4.78 is 4.01. The van der Waals surface area contributed by atoms with Gasteiger partial charge in [0, 0.05) is 0 Å². The summed E-state index contributed by atoms with van der Waals surface area (Å²) in [5, 5.41) is 9.34. The highest BCUT2D eigenvalue weighted by Crippen LogP contribution is 2.32. The molecule has 1 aliphatic carbocycles. The van der Waals surface area contributed by atoms with Crippen LogP contribution in [0.3, 0.4) is 0 Å². The minimum absolute atomic E-state index is 0.233. The summed E-state index contributed by atoms with van der Waals surface area (Å²) in [5.41, 5.74) is 1.24. The van der Waals surface area contributed by atoms with Crippen LogP contribution >= 0.6 is 15.9 Å². The third-order valence-corrected chi connectivity index (χ3v) is 3.64. The van der Waals surface area contributed by atoms with Crippen LogP contribution in [0.15, 0.2) is 11.6 Å². The summed E-state index contributed by atoms with van der Waals surface area (Å²) in [7, 11) is 0. The van der Waals surface area contributed by atoms with E-state index in [4.69, 9.17) is 4.74 Å². The number of hydrogen-bond acceptors (Lipinski definition) is 3. The first-order valence-electron chi connectivity index (χ1n) is 5.77. The van der Waals surface area contributed by atoms with Gasteiger partial charge in [-0.1, -0.05) is 27.6 Å². The molecule has 0 amide bonds. The second-order valence-corrected chi connectivity index (χ2v) is 5.65. The van der Waals surface area contributed by atoms with Crippen LogP contribution in [0.5, 0.6) is 0 Å². The average Bonchev–Trinajstić information content (AvgIpc) is 2.30. The number of carbonyl (C=O) groups excluding carboxylic acids is 1. The van der Waals surface area contributed by atoms with Crippen molar-refractivity contribution in [2.75, 3.05) is 13.2 Å². The summed E-state index contributed by atoms with van der Waals surface area (Å²) in [6.45, 7) is 1.87. The molecule has 0 bridgehead atoms. The number of aliphatic hydroxyl groups is 1.